The average molecular weight is 315 g/mol. The van der Waals surface area contributed by atoms with Gasteiger partial charge in [-0.1, -0.05) is 29.8 Å². The van der Waals surface area contributed by atoms with Crippen LogP contribution in [0.5, 0.6) is 0 Å². The van der Waals surface area contributed by atoms with Crippen LogP contribution < -0.4 is 5.32 Å². The Kier molecular flexibility index (Phi) is 10.0. The van der Waals surface area contributed by atoms with Crippen LogP contribution in [0.15, 0.2) is 24.3 Å². The van der Waals surface area contributed by atoms with Crippen molar-refractivity contribution in [1.29, 1.82) is 0 Å². The quantitative estimate of drug-likeness (QED) is 0.747. The minimum absolute atomic E-state index is 0. The summed E-state index contributed by atoms with van der Waals surface area (Å²) < 4.78 is 4.93. The van der Waals surface area contributed by atoms with Crippen molar-refractivity contribution < 1.29 is 9.53 Å². The lowest BCUT2D eigenvalue weighted by molar-refractivity contribution is -0.130. The van der Waals surface area contributed by atoms with Crippen molar-refractivity contribution in [3.8, 4) is 0 Å². The number of aryl methyl sites for hydroxylation is 1. The van der Waals surface area contributed by atoms with Crippen LogP contribution in [0, 0.1) is 6.92 Å². The zero-order valence-electron chi connectivity index (χ0n) is 13.4. The van der Waals surface area contributed by atoms with Crippen LogP contribution in [-0.4, -0.2) is 50.7 Å². The van der Waals surface area contributed by atoms with Gasteiger partial charge in [-0.2, -0.15) is 0 Å². The number of amides is 1. The van der Waals surface area contributed by atoms with E-state index in [-0.39, 0.29) is 24.4 Å². The predicted octanol–water partition coefficient (Wildman–Crippen LogP) is 2.04. The number of nitrogens with one attached hydrogen (secondary N) is 1. The highest BCUT2D eigenvalue weighted by Gasteiger charge is 2.15. The highest BCUT2D eigenvalue weighted by atomic mass is 35.5. The van der Waals surface area contributed by atoms with Crippen LogP contribution in [0.4, 0.5) is 0 Å². The lowest BCUT2D eigenvalue weighted by atomic mass is 10.0. The minimum Gasteiger partial charge on any atom is -0.383 e. The largest absolute Gasteiger partial charge is 0.383 e. The Balaban J connectivity index is 0.00000400. The molecule has 0 heterocycles. The molecule has 1 amide bonds. The number of benzene rings is 1. The molecule has 1 aromatic carbocycles. The number of ether oxygens (including phenoxy) is 1. The van der Waals surface area contributed by atoms with E-state index in [1.54, 1.807) is 12.0 Å². The normalized spacial score (nSPS) is 11.6. The van der Waals surface area contributed by atoms with Gasteiger partial charge in [-0.05, 0) is 25.8 Å². The summed E-state index contributed by atoms with van der Waals surface area (Å²) >= 11 is 0. The minimum atomic E-state index is 0. The van der Waals surface area contributed by atoms with E-state index in [9.17, 15) is 4.79 Å². The van der Waals surface area contributed by atoms with Crippen molar-refractivity contribution in [3.63, 3.8) is 0 Å². The number of carbonyl (C=O) groups excluding carboxylic acids is 1. The van der Waals surface area contributed by atoms with Crippen LogP contribution in [0.3, 0.4) is 0 Å². The molecule has 0 aromatic heterocycles. The summed E-state index contributed by atoms with van der Waals surface area (Å²) in [6.45, 7) is 5.83. The Morgan fingerprint density at radius 2 is 1.95 bits per heavy atom. The molecule has 0 saturated carbocycles. The zero-order chi connectivity index (χ0) is 15.0. The number of likely N-dealkylation sites (N-methyl/N-ethyl adjacent to an activating group) is 1. The van der Waals surface area contributed by atoms with Crippen LogP contribution >= 0.6 is 12.4 Å². The van der Waals surface area contributed by atoms with E-state index in [0.717, 1.165) is 6.42 Å². The molecule has 120 valence electrons. The molecule has 1 aromatic rings. The molecular weight excluding hydrogens is 288 g/mol. The highest BCUT2D eigenvalue weighted by Crippen LogP contribution is 2.09. The monoisotopic (exact) mass is 314 g/mol. The summed E-state index contributed by atoms with van der Waals surface area (Å²) in [6, 6.07) is 8.66. The van der Waals surface area contributed by atoms with E-state index in [0.29, 0.717) is 19.7 Å². The van der Waals surface area contributed by atoms with Gasteiger partial charge in [-0.15, -0.1) is 12.4 Å². The van der Waals surface area contributed by atoms with Crippen molar-refractivity contribution in [2.45, 2.75) is 26.3 Å². The van der Waals surface area contributed by atoms with Crippen LogP contribution in [0.1, 0.15) is 18.1 Å². The van der Waals surface area contributed by atoms with E-state index in [2.05, 4.69) is 43.4 Å². The average Bonchev–Trinajstić information content (AvgIpc) is 2.45. The van der Waals surface area contributed by atoms with E-state index in [1.165, 1.54) is 11.1 Å². The van der Waals surface area contributed by atoms with Crippen molar-refractivity contribution in [2.24, 2.45) is 0 Å². The second kappa shape index (κ2) is 10.6. The fourth-order valence-electron chi connectivity index (χ4n) is 1.94. The summed E-state index contributed by atoms with van der Waals surface area (Å²) in [6.07, 6.45) is 0.876. The molecule has 21 heavy (non-hydrogen) atoms. The van der Waals surface area contributed by atoms with E-state index < -0.39 is 0 Å². The molecule has 0 fully saturated rings. The maximum atomic E-state index is 12.0. The van der Waals surface area contributed by atoms with Gasteiger partial charge in [0.25, 0.3) is 0 Å². The number of carbonyl (C=O) groups is 1. The third-order valence-electron chi connectivity index (χ3n) is 3.47. The summed E-state index contributed by atoms with van der Waals surface area (Å²) in [4.78, 5) is 13.8. The fourth-order valence-corrected chi connectivity index (χ4v) is 1.94. The van der Waals surface area contributed by atoms with Gasteiger partial charge >= 0.3 is 0 Å². The van der Waals surface area contributed by atoms with Crippen molar-refractivity contribution in [2.75, 3.05) is 33.9 Å². The molecule has 0 saturated heterocycles. The van der Waals surface area contributed by atoms with Gasteiger partial charge in [0, 0.05) is 26.7 Å². The Morgan fingerprint density at radius 3 is 2.52 bits per heavy atom. The molecule has 0 radical (unpaired) electrons. The first kappa shape index (κ1) is 19.9. The predicted molar refractivity (Wildman–Crippen MR) is 89.1 cm³/mol. The van der Waals surface area contributed by atoms with Crippen LogP contribution in [0.2, 0.25) is 0 Å². The standard InChI is InChI=1S/C16H26N2O2.ClH/c1-13-5-7-15(8-6-13)11-14(2)18(3)16(19)12-17-9-10-20-4;/h5-8,14,17H,9-12H2,1-4H3;1H. The Hall–Kier alpha value is -1.10. The second-order valence-electron chi connectivity index (χ2n) is 5.21. The molecule has 0 aliphatic heterocycles. The lowest BCUT2D eigenvalue weighted by Gasteiger charge is -2.25. The molecule has 5 heteroatoms. The number of methoxy groups -OCH3 is 1. The number of hydrogen-bond donors (Lipinski definition) is 1. The molecular formula is C16H27ClN2O2. The summed E-state index contributed by atoms with van der Waals surface area (Å²) in [5.74, 6) is 0.112. The molecule has 1 atom stereocenters. The maximum Gasteiger partial charge on any atom is 0.236 e. The van der Waals surface area contributed by atoms with Crippen molar-refractivity contribution in [3.05, 3.63) is 35.4 Å². The molecule has 4 nitrogen and oxygen atoms in total. The number of hydrogen-bond acceptors (Lipinski definition) is 3. The van der Waals surface area contributed by atoms with E-state index >= 15 is 0 Å². The summed E-state index contributed by atoms with van der Waals surface area (Å²) in [7, 11) is 3.51. The number of nitrogens with zero attached hydrogens (tertiary/aromatic N) is 1. The zero-order valence-corrected chi connectivity index (χ0v) is 14.2. The Labute approximate surface area is 134 Å². The van der Waals surface area contributed by atoms with E-state index in [4.69, 9.17) is 4.74 Å². The first-order valence-corrected chi connectivity index (χ1v) is 7.05. The molecule has 0 spiro atoms. The van der Waals surface area contributed by atoms with Crippen molar-refractivity contribution in [1.82, 2.24) is 10.2 Å². The fraction of sp³-hybridized carbons (Fsp3) is 0.562. The highest BCUT2D eigenvalue weighted by molar-refractivity contribution is 5.85. The first-order valence-electron chi connectivity index (χ1n) is 7.05. The maximum absolute atomic E-state index is 12.0. The lowest BCUT2D eigenvalue weighted by Crippen LogP contribution is -2.42. The Morgan fingerprint density at radius 1 is 1.33 bits per heavy atom. The smallest absolute Gasteiger partial charge is 0.236 e. The first-order chi connectivity index (χ1) is 9.54. The van der Waals surface area contributed by atoms with Gasteiger partial charge in [0.1, 0.15) is 0 Å². The summed E-state index contributed by atoms with van der Waals surface area (Å²) in [5, 5.41) is 3.08. The summed E-state index contributed by atoms with van der Waals surface area (Å²) in [5.41, 5.74) is 2.52. The van der Waals surface area contributed by atoms with Gasteiger partial charge in [0.05, 0.1) is 13.2 Å². The van der Waals surface area contributed by atoms with Gasteiger partial charge in [-0.25, -0.2) is 0 Å². The second-order valence-corrected chi connectivity index (χ2v) is 5.21. The third kappa shape index (κ3) is 7.46. The topological polar surface area (TPSA) is 41.6 Å². The third-order valence-corrected chi connectivity index (χ3v) is 3.47. The van der Waals surface area contributed by atoms with Gasteiger partial charge in [0.15, 0.2) is 0 Å². The molecule has 1 rings (SSSR count). The van der Waals surface area contributed by atoms with Gasteiger partial charge in [0.2, 0.25) is 5.91 Å². The number of rotatable bonds is 8. The number of halogens is 1. The van der Waals surface area contributed by atoms with Gasteiger partial charge < -0.3 is 15.0 Å². The molecule has 0 bridgehead atoms. The SMILES string of the molecule is COCCNCC(=O)N(C)C(C)Cc1ccc(C)cc1.Cl. The van der Waals surface area contributed by atoms with Gasteiger partial charge in [-0.3, -0.25) is 4.79 Å². The van der Waals surface area contributed by atoms with E-state index in [1.807, 2.05) is 7.05 Å². The Bertz CT molecular complexity index is 409. The van der Waals surface area contributed by atoms with Crippen molar-refractivity contribution >= 4 is 18.3 Å². The molecule has 0 aliphatic carbocycles. The molecule has 0 aliphatic rings. The molecule has 1 unspecified atom stereocenters. The van der Waals surface area contributed by atoms with Crippen LogP contribution in [-0.2, 0) is 16.0 Å². The molecule has 1 N–H and O–H groups in total. The van der Waals surface area contributed by atoms with Crippen LogP contribution in [0.25, 0.3) is 0 Å².